The second-order valence-electron chi connectivity index (χ2n) is 7.58. The summed E-state index contributed by atoms with van der Waals surface area (Å²) in [5.41, 5.74) is 1.37. The molecule has 1 atom stereocenters. The number of thiazole rings is 1. The van der Waals surface area contributed by atoms with Gasteiger partial charge in [0.1, 0.15) is 6.04 Å². The van der Waals surface area contributed by atoms with Gasteiger partial charge in [-0.2, -0.15) is 0 Å². The largest absolute Gasteiger partial charge is 0.324 e. The van der Waals surface area contributed by atoms with Crippen LogP contribution in [-0.4, -0.2) is 31.2 Å². The molecule has 0 spiro atoms. The smallest absolute Gasteiger partial charge is 0.308 e. The van der Waals surface area contributed by atoms with E-state index in [4.69, 9.17) is 23.2 Å². The number of benzene rings is 2. The molecule has 0 aliphatic carbocycles. The van der Waals surface area contributed by atoms with Gasteiger partial charge in [-0.05, 0) is 56.7 Å². The summed E-state index contributed by atoms with van der Waals surface area (Å²) in [6, 6.07) is 8.56. The molecule has 7 nitrogen and oxygen atoms in total. The number of amides is 1. The summed E-state index contributed by atoms with van der Waals surface area (Å²) in [7, 11) is -3.87. The van der Waals surface area contributed by atoms with E-state index in [-0.39, 0.29) is 28.0 Å². The highest BCUT2D eigenvalue weighted by Gasteiger charge is 2.33. The van der Waals surface area contributed by atoms with Gasteiger partial charge < -0.3 is 5.32 Å². The molecule has 0 aliphatic rings. The van der Waals surface area contributed by atoms with Crippen molar-refractivity contribution in [3.8, 4) is 0 Å². The normalized spacial score (nSPS) is 12.8. The fraction of sp³-hybridized carbons (Fsp3) is 0.333. The van der Waals surface area contributed by atoms with Gasteiger partial charge >= 0.3 is 4.87 Å². The van der Waals surface area contributed by atoms with Gasteiger partial charge in [0.15, 0.2) is 0 Å². The van der Waals surface area contributed by atoms with Crippen molar-refractivity contribution in [3.63, 3.8) is 0 Å². The zero-order chi connectivity index (χ0) is 23.8. The molecule has 0 bridgehead atoms. The maximum atomic E-state index is 13.2. The first-order valence-corrected chi connectivity index (χ1v) is 13.3. The fourth-order valence-electron chi connectivity index (χ4n) is 3.52. The number of halogens is 2. The van der Waals surface area contributed by atoms with Crippen molar-refractivity contribution < 1.29 is 13.2 Å². The number of aromatic nitrogens is 1. The Morgan fingerprint density at radius 2 is 1.88 bits per heavy atom. The van der Waals surface area contributed by atoms with Crippen molar-refractivity contribution in [2.75, 3.05) is 15.9 Å². The van der Waals surface area contributed by atoms with Gasteiger partial charge in [-0.3, -0.25) is 18.5 Å². The number of hydrogen-bond acceptors (Lipinski definition) is 5. The molecule has 2 aromatic carbocycles. The van der Waals surface area contributed by atoms with Gasteiger partial charge in [0, 0.05) is 16.8 Å². The number of carbonyl (C=O) groups excluding carboxylic acids is 1. The quantitative estimate of drug-likeness (QED) is 0.472. The lowest BCUT2D eigenvalue weighted by Crippen LogP contribution is -2.47. The summed E-state index contributed by atoms with van der Waals surface area (Å²) in [4.78, 5) is 25.4. The molecule has 0 saturated heterocycles. The minimum Gasteiger partial charge on any atom is -0.324 e. The fourth-order valence-corrected chi connectivity index (χ4v) is 6.21. The molecule has 3 aromatic rings. The van der Waals surface area contributed by atoms with E-state index in [0.717, 1.165) is 32.1 Å². The number of nitrogens with one attached hydrogen (secondary N) is 1. The maximum Gasteiger partial charge on any atom is 0.308 e. The predicted octanol–water partition coefficient (Wildman–Crippen LogP) is 5.13. The topological polar surface area (TPSA) is 88.5 Å². The van der Waals surface area contributed by atoms with Crippen LogP contribution < -0.4 is 14.5 Å². The summed E-state index contributed by atoms with van der Waals surface area (Å²) in [6.07, 6.45) is 1.21. The Morgan fingerprint density at radius 3 is 2.47 bits per heavy atom. The van der Waals surface area contributed by atoms with Crippen LogP contribution in [0.3, 0.4) is 0 Å². The van der Waals surface area contributed by atoms with E-state index in [1.54, 1.807) is 35.8 Å². The van der Waals surface area contributed by atoms with E-state index >= 15 is 0 Å². The average molecular weight is 516 g/mol. The highest BCUT2D eigenvalue weighted by molar-refractivity contribution is 7.92. The van der Waals surface area contributed by atoms with E-state index in [9.17, 15) is 18.0 Å². The first-order valence-electron chi connectivity index (χ1n) is 9.84. The number of rotatable bonds is 7. The maximum absolute atomic E-state index is 13.2. The molecule has 0 aliphatic heterocycles. The standard InChI is InChI=1S/C21H23Cl2N3O4S2/c1-5-16(26(32(4,29)30)18-10-13(22)6-8-15(18)23)20(27)24-14-7-9-17-19(11-14)31-21(28)25(17)12(2)3/h6-12,16H,5H2,1-4H3,(H,24,27). The van der Waals surface area contributed by atoms with Crippen molar-refractivity contribution >= 4 is 72.1 Å². The second-order valence-corrected chi connectivity index (χ2v) is 11.3. The van der Waals surface area contributed by atoms with E-state index in [1.807, 2.05) is 13.8 Å². The lowest BCUT2D eigenvalue weighted by molar-refractivity contribution is -0.117. The number of sulfonamides is 1. The van der Waals surface area contributed by atoms with Crippen molar-refractivity contribution in [1.29, 1.82) is 0 Å². The first-order chi connectivity index (χ1) is 14.9. The Morgan fingerprint density at radius 1 is 1.19 bits per heavy atom. The van der Waals surface area contributed by atoms with Crippen LogP contribution in [0.1, 0.15) is 33.2 Å². The van der Waals surface area contributed by atoms with Crippen LogP contribution >= 0.6 is 34.5 Å². The number of fused-ring (bicyclic) bond motifs is 1. The SMILES string of the molecule is CCC(C(=O)Nc1ccc2c(c1)sc(=O)n2C(C)C)N(c1cc(Cl)ccc1Cl)S(C)(=O)=O. The molecular weight excluding hydrogens is 493 g/mol. The van der Waals surface area contributed by atoms with Gasteiger partial charge in [-0.25, -0.2) is 8.42 Å². The Hall–Kier alpha value is -2.07. The minimum atomic E-state index is -3.87. The number of anilines is 2. The summed E-state index contributed by atoms with van der Waals surface area (Å²) < 4.78 is 28.7. The number of carbonyl (C=O) groups is 1. The predicted molar refractivity (Wildman–Crippen MR) is 133 cm³/mol. The summed E-state index contributed by atoms with van der Waals surface area (Å²) in [5.74, 6) is -0.524. The monoisotopic (exact) mass is 515 g/mol. The van der Waals surface area contributed by atoms with Gasteiger partial charge in [0.2, 0.25) is 15.9 Å². The van der Waals surface area contributed by atoms with Gasteiger partial charge in [-0.15, -0.1) is 0 Å². The van der Waals surface area contributed by atoms with Gasteiger partial charge in [0.25, 0.3) is 0 Å². The second kappa shape index (κ2) is 9.43. The molecule has 1 unspecified atom stereocenters. The molecule has 11 heteroatoms. The third-order valence-corrected chi connectivity index (χ3v) is 7.51. The molecule has 172 valence electrons. The summed E-state index contributed by atoms with van der Waals surface area (Å²) >= 11 is 13.4. The van der Waals surface area contributed by atoms with Crippen LogP contribution in [0.4, 0.5) is 11.4 Å². The van der Waals surface area contributed by atoms with E-state index in [0.29, 0.717) is 10.7 Å². The van der Waals surface area contributed by atoms with E-state index in [2.05, 4.69) is 5.32 Å². The molecule has 1 aromatic heterocycles. The molecule has 1 amide bonds. The number of nitrogens with zero attached hydrogens (tertiary/aromatic N) is 2. The highest BCUT2D eigenvalue weighted by Crippen LogP contribution is 2.33. The van der Waals surface area contributed by atoms with Crippen LogP contribution in [0.25, 0.3) is 10.2 Å². The minimum absolute atomic E-state index is 0.00641. The molecule has 32 heavy (non-hydrogen) atoms. The zero-order valence-electron chi connectivity index (χ0n) is 17.9. The Balaban J connectivity index is 1.98. The zero-order valence-corrected chi connectivity index (χ0v) is 21.1. The third-order valence-electron chi connectivity index (χ3n) is 4.87. The Kier molecular flexibility index (Phi) is 7.24. The first kappa shape index (κ1) is 24.6. The highest BCUT2D eigenvalue weighted by atomic mass is 35.5. The summed E-state index contributed by atoms with van der Waals surface area (Å²) in [5, 5.41) is 3.23. The van der Waals surface area contributed by atoms with E-state index < -0.39 is 22.0 Å². The molecule has 0 radical (unpaired) electrons. The Labute approximate surface area is 200 Å². The van der Waals surface area contributed by atoms with Gasteiger partial charge in [-0.1, -0.05) is 41.5 Å². The average Bonchev–Trinajstić information content (AvgIpc) is 3.02. The van der Waals surface area contributed by atoms with Crippen LogP contribution in [-0.2, 0) is 14.8 Å². The Bertz CT molecular complexity index is 1330. The van der Waals surface area contributed by atoms with Crippen LogP contribution in [0.15, 0.2) is 41.2 Å². The molecule has 1 N–H and O–H groups in total. The van der Waals surface area contributed by atoms with Crippen LogP contribution in [0, 0.1) is 0 Å². The van der Waals surface area contributed by atoms with Crippen molar-refractivity contribution in [3.05, 3.63) is 56.1 Å². The van der Waals surface area contributed by atoms with Crippen molar-refractivity contribution in [2.45, 2.75) is 39.3 Å². The summed E-state index contributed by atoms with van der Waals surface area (Å²) in [6.45, 7) is 5.56. The molecule has 0 saturated carbocycles. The lowest BCUT2D eigenvalue weighted by Gasteiger charge is -2.30. The van der Waals surface area contributed by atoms with Crippen LogP contribution in [0.5, 0.6) is 0 Å². The third kappa shape index (κ3) is 4.96. The lowest BCUT2D eigenvalue weighted by atomic mass is 10.1. The van der Waals surface area contributed by atoms with Gasteiger partial charge in [0.05, 0.1) is 27.2 Å². The van der Waals surface area contributed by atoms with E-state index in [1.165, 1.54) is 12.1 Å². The molecule has 0 fully saturated rings. The van der Waals surface area contributed by atoms with Crippen molar-refractivity contribution in [1.82, 2.24) is 4.57 Å². The number of hydrogen-bond donors (Lipinski definition) is 1. The van der Waals surface area contributed by atoms with Crippen molar-refractivity contribution in [2.24, 2.45) is 0 Å². The van der Waals surface area contributed by atoms with Crippen LogP contribution in [0.2, 0.25) is 10.0 Å². The molecule has 3 rings (SSSR count). The molecule has 1 heterocycles. The molecular formula is C21H23Cl2N3O4S2.